The van der Waals surface area contributed by atoms with Crippen LogP contribution >= 0.6 is 0 Å². The van der Waals surface area contributed by atoms with Crippen LogP contribution in [0.4, 0.5) is 18.9 Å². The number of nitrogens with zero attached hydrogens (tertiary/aromatic N) is 2. The summed E-state index contributed by atoms with van der Waals surface area (Å²) in [6.45, 7) is 1.67. The lowest BCUT2D eigenvalue weighted by Gasteiger charge is -2.34. The number of aromatic nitrogens is 1. The second-order valence-corrected chi connectivity index (χ2v) is 10.00. The van der Waals surface area contributed by atoms with E-state index in [1.54, 1.807) is 18.5 Å². The summed E-state index contributed by atoms with van der Waals surface area (Å²) in [6.07, 6.45) is 0.249. The molecule has 3 aromatic rings. The predicted octanol–water partition coefficient (Wildman–Crippen LogP) is 4.16. The number of nitrogens with one attached hydrogen (secondary N) is 2. The van der Waals surface area contributed by atoms with Crippen LogP contribution in [-0.2, 0) is 27.3 Å². The van der Waals surface area contributed by atoms with Crippen molar-refractivity contribution in [1.82, 2.24) is 15.2 Å². The third kappa shape index (κ3) is 7.71. The minimum Gasteiger partial charge on any atom is -0.475 e. The molecule has 1 saturated heterocycles. The Labute approximate surface area is 239 Å². The number of piperidine rings is 1. The van der Waals surface area contributed by atoms with Gasteiger partial charge in [0.2, 0.25) is 11.8 Å². The maximum atomic E-state index is 12.9. The maximum absolute atomic E-state index is 12.9. The average Bonchev–Trinajstić information content (AvgIpc) is 3.31. The van der Waals surface area contributed by atoms with Crippen LogP contribution in [0.15, 0.2) is 73.1 Å². The molecular formula is C30H29F3N4O5. The highest BCUT2D eigenvalue weighted by Crippen LogP contribution is 2.42. The Bertz CT molecular complexity index is 1430. The first-order valence-electron chi connectivity index (χ1n) is 13.3. The van der Waals surface area contributed by atoms with Gasteiger partial charge in [-0.1, -0.05) is 36.4 Å². The summed E-state index contributed by atoms with van der Waals surface area (Å²) in [6, 6.07) is 18.9. The molecule has 0 bridgehead atoms. The third-order valence-electron chi connectivity index (χ3n) is 7.17. The summed E-state index contributed by atoms with van der Waals surface area (Å²) in [5.41, 5.74) is 4.11. The number of carboxylic acid groups (broad SMARTS) is 1. The van der Waals surface area contributed by atoms with Gasteiger partial charge in [-0.05, 0) is 59.7 Å². The number of carbonyl (C=O) groups is 4. The number of likely N-dealkylation sites (tertiary alicyclic amines) is 1. The molecule has 0 radical (unpaired) electrons. The van der Waals surface area contributed by atoms with E-state index < -0.39 is 12.1 Å². The van der Waals surface area contributed by atoms with E-state index in [0.29, 0.717) is 31.6 Å². The standard InChI is InChI=1S/C28H28N4O3.C2HF3O2/c33-25(15-19-5-2-1-3-6-19)32-13-10-21(11-14-32)26-23-16-22(8-9-24(23)31-28(26)35)27(34)30-18-20-7-4-12-29-17-20;3-2(4,5)1(6)7/h1-9,12,16-17,21,26H,10-11,13-15,18H2,(H,30,34)(H,31,35);(H,6,7). The Balaban J connectivity index is 0.000000517. The fourth-order valence-electron chi connectivity index (χ4n) is 5.05. The highest BCUT2D eigenvalue weighted by molar-refractivity contribution is 6.04. The van der Waals surface area contributed by atoms with Gasteiger partial charge in [0.1, 0.15) is 0 Å². The van der Waals surface area contributed by atoms with Gasteiger partial charge in [0.25, 0.3) is 5.91 Å². The number of carboxylic acids is 1. The van der Waals surface area contributed by atoms with Gasteiger partial charge in [0.15, 0.2) is 0 Å². The second-order valence-electron chi connectivity index (χ2n) is 10.00. The Kier molecular flexibility index (Phi) is 9.56. The number of hydrogen-bond acceptors (Lipinski definition) is 5. The molecule has 5 rings (SSSR count). The van der Waals surface area contributed by atoms with Crippen molar-refractivity contribution in [3.05, 3.63) is 95.3 Å². The SMILES string of the molecule is O=C(NCc1cccnc1)c1ccc2c(c1)C(C1CCN(C(=O)Cc3ccccc3)CC1)C(=O)N2.O=C(O)C(F)(F)F. The van der Waals surface area contributed by atoms with Gasteiger partial charge in [-0.25, -0.2) is 4.79 Å². The van der Waals surface area contributed by atoms with Crippen molar-refractivity contribution >= 4 is 29.4 Å². The maximum Gasteiger partial charge on any atom is 0.490 e. The number of halogens is 3. The van der Waals surface area contributed by atoms with Crippen LogP contribution in [0, 0.1) is 5.92 Å². The van der Waals surface area contributed by atoms with Crippen LogP contribution in [0.2, 0.25) is 0 Å². The zero-order valence-electron chi connectivity index (χ0n) is 22.4. The van der Waals surface area contributed by atoms with E-state index in [-0.39, 0.29) is 29.6 Å². The van der Waals surface area contributed by atoms with Gasteiger partial charge in [-0.15, -0.1) is 0 Å². The van der Waals surface area contributed by atoms with Crippen LogP contribution in [0.5, 0.6) is 0 Å². The molecule has 1 fully saturated rings. The highest BCUT2D eigenvalue weighted by Gasteiger charge is 2.39. The minimum absolute atomic E-state index is 0.0259. The largest absolute Gasteiger partial charge is 0.490 e. The molecule has 0 saturated carbocycles. The van der Waals surface area contributed by atoms with Gasteiger partial charge in [-0.3, -0.25) is 19.4 Å². The van der Waals surface area contributed by atoms with Crippen LogP contribution in [0.1, 0.15) is 45.8 Å². The van der Waals surface area contributed by atoms with Crippen LogP contribution in [0.25, 0.3) is 0 Å². The van der Waals surface area contributed by atoms with Crippen LogP contribution < -0.4 is 10.6 Å². The van der Waals surface area contributed by atoms with Crippen LogP contribution in [0.3, 0.4) is 0 Å². The first kappa shape index (κ1) is 30.2. The number of alkyl halides is 3. The number of aliphatic carboxylic acids is 1. The first-order chi connectivity index (χ1) is 20.0. The Morgan fingerprint density at radius 1 is 1.00 bits per heavy atom. The summed E-state index contributed by atoms with van der Waals surface area (Å²) in [5.74, 6) is -3.02. The molecule has 1 aromatic heterocycles. The number of pyridine rings is 1. The number of hydrogen-bond donors (Lipinski definition) is 3. The molecule has 0 spiro atoms. The quantitative estimate of drug-likeness (QED) is 0.401. The zero-order valence-corrected chi connectivity index (χ0v) is 22.4. The monoisotopic (exact) mass is 582 g/mol. The lowest BCUT2D eigenvalue weighted by molar-refractivity contribution is -0.192. The highest BCUT2D eigenvalue weighted by atomic mass is 19.4. The number of amides is 3. The van der Waals surface area contributed by atoms with Crippen molar-refractivity contribution in [3.63, 3.8) is 0 Å². The molecule has 1 unspecified atom stereocenters. The molecule has 3 amide bonds. The van der Waals surface area contributed by atoms with Crippen molar-refractivity contribution in [1.29, 1.82) is 0 Å². The van der Waals surface area contributed by atoms with Gasteiger partial charge < -0.3 is 20.6 Å². The minimum atomic E-state index is -5.08. The van der Waals surface area contributed by atoms with Crippen molar-refractivity contribution in [3.8, 4) is 0 Å². The van der Waals surface area contributed by atoms with Crippen molar-refractivity contribution in [2.75, 3.05) is 18.4 Å². The van der Waals surface area contributed by atoms with Gasteiger partial charge in [-0.2, -0.15) is 13.2 Å². The lowest BCUT2D eigenvalue weighted by Crippen LogP contribution is -2.41. The lowest BCUT2D eigenvalue weighted by atomic mass is 9.80. The summed E-state index contributed by atoms with van der Waals surface area (Å²) in [5, 5.41) is 13.0. The molecule has 2 aliphatic rings. The Morgan fingerprint density at radius 3 is 2.29 bits per heavy atom. The number of anilines is 1. The number of benzene rings is 2. The molecule has 12 heteroatoms. The van der Waals surface area contributed by atoms with Crippen LogP contribution in [-0.4, -0.2) is 57.9 Å². The first-order valence-corrected chi connectivity index (χ1v) is 13.3. The third-order valence-corrected chi connectivity index (χ3v) is 7.17. The van der Waals surface area contributed by atoms with Gasteiger partial charge in [0.05, 0.1) is 12.3 Å². The van der Waals surface area contributed by atoms with E-state index in [0.717, 1.165) is 35.2 Å². The number of rotatable bonds is 6. The van der Waals surface area contributed by atoms with Gasteiger partial charge in [0, 0.05) is 43.3 Å². The molecule has 2 aliphatic heterocycles. The van der Waals surface area contributed by atoms with Crippen molar-refractivity contribution in [2.24, 2.45) is 5.92 Å². The molecule has 2 aromatic carbocycles. The summed E-state index contributed by atoms with van der Waals surface area (Å²) >= 11 is 0. The molecule has 0 aliphatic carbocycles. The Morgan fingerprint density at radius 2 is 1.67 bits per heavy atom. The fourth-order valence-corrected chi connectivity index (χ4v) is 5.05. The van der Waals surface area contributed by atoms with E-state index in [1.807, 2.05) is 59.5 Å². The normalized spacial score (nSPS) is 16.5. The molecule has 3 N–H and O–H groups in total. The van der Waals surface area contributed by atoms with Crippen molar-refractivity contribution in [2.45, 2.75) is 37.9 Å². The molecular weight excluding hydrogens is 553 g/mol. The fraction of sp³-hybridized carbons (Fsp3) is 0.300. The molecule has 220 valence electrons. The number of carbonyl (C=O) groups excluding carboxylic acids is 3. The topological polar surface area (TPSA) is 129 Å². The zero-order chi connectivity index (χ0) is 30.3. The van der Waals surface area contributed by atoms with E-state index in [1.165, 1.54) is 0 Å². The summed E-state index contributed by atoms with van der Waals surface area (Å²) < 4.78 is 31.7. The molecule has 42 heavy (non-hydrogen) atoms. The van der Waals surface area contributed by atoms with E-state index >= 15 is 0 Å². The van der Waals surface area contributed by atoms with E-state index in [4.69, 9.17) is 9.90 Å². The molecule has 3 heterocycles. The summed E-state index contributed by atoms with van der Waals surface area (Å²) in [4.78, 5) is 53.3. The molecule has 1 atom stereocenters. The van der Waals surface area contributed by atoms with E-state index in [9.17, 15) is 27.6 Å². The smallest absolute Gasteiger partial charge is 0.475 e. The average molecular weight is 583 g/mol. The second kappa shape index (κ2) is 13.3. The predicted molar refractivity (Wildman–Crippen MR) is 146 cm³/mol. The van der Waals surface area contributed by atoms with E-state index in [2.05, 4.69) is 15.6 Å². The number of fused-ring (bicyclic) bond motifs is 1. The summed E-state index contributed by atoms with van der Waals surface area (Å²) in [7, 11) is 0. The van der Waals surface area contributed by atoms with Crippen molar-refractivity contribution < 1.29 is 37.5 Å². The van der Waals surface area contributed by atoms with Gasteiger partial charge >= 0.3 is 12.1 Å². The Hall–Kier alpha value is -4.74. The molecule has 9 nitrogen and oxygen atoms in total.